The van der Waals surface area contributed by atoms with Crippen LogP contribution in [0.25, 0.3) is 22.2 Å². The maximum atomic E-state index is 9.08. The molecule has 4 aromatic rings. The molecule has 0 saturated carbocycles. The summed E-state index contributed by atoms with van der Waals surface area (Å²) >= 11 is 1.51. The number of thioether (sulfide) groups is 1. The Morgan fingerprint density at radius 3 is 2.44 bits per heavy atom. The number of nitrogens with zero attached hydrogens (tertiary/aromatic N) is 2. The van der Waals surface area contributed by atoms with Gasteiger partial charge < -0.3 is 9.52 Å². The number of hydrogen-bond donors (Lipinski definition) is 1. The van der Waals surface area contributed by atoms with Crippen LogP contribution in [0.4, 0.5) is 0 Å². The smallest absolute Gasteiger partial charge is 0.277 e. The van der Waals surface area contributed by atoms with Gasteiger partial charge in [-0.05, 0) is 28.0 Å². The number of rotatable bonds is 5. The third-order valence-electron chi connectivity index (χ3n) is 3.99. The highest BCUT2D eigenvalue weighted by molar-refractivity contribution is 7.98. The van der Waals surface area contributed by atoms with Gasteiger partial charge in [0, 0.05) is 11.3 Å². The molecule has 0 radical (unpaired) electrons. The highest BCUT2D eigenvalue weighted by atomic mass is 32.2. The second kappa shape index (κ2) is 7.09. The summed E-state index contributed by atoms with van der Waals surface area (Å²) in [7, 11) is 0. The van der Waals surface area contributed by atoms with Crippen molar-refractivity contribution in [1.82, 2.24) is 10.2 Å². The molecule has 4 nitrogen and oxygen atoms in total. The van der Waals surface area contributed by atoms with E-state index in [0.29, 0.717) is 11.1 Å². The molecule has 0 unspecified atom stereocenters. The standard InChI is InChI=1S/C20H16N2O2S/c23-12-14-8-10-15(11-9-14)13-25-20-22-21-19(24-20)18-7-3-5-16-4-1-2-6-17(16)18/h1-11,23H,12-13H2. The second-order valence-corrected chi connectivity index (χ2v) is 6.59. The molecule has 0 atom stereocenters. The van der Waals surface area contributed by atoms with E-state index in [9.17, 15) is 0 Å². The fourth-order valence-corrected chi connectivity index (χ4v) is 3.39. The van der Waals surface area contributed by atoms with Crippen molar-refractivity contribution in [2.75, 3.05) is 0 Å². The second-order valence-electron chi connectivity index (χ2n) is 5.66. The minimum Gasteiger partial charge on any atom is -0.411 e. The lowest BCUT2D eigenvalue weighted by Gasteiger charge is -2.02. The van der Waals surface area contributed by atoms with Gasteiger partial charge in [-0.15, -0.1) is 10.2 Å². The number of aliphatic hydroxyl groups excluding tert-OH is 1. The minimum atomic E-state index is 0.0610. The Morgan fingerprint density at radius 1 is 0.840 bits per heavy atom. The largest absolute Gasteiger partial charge is 0.411 e. The van der Waals surface area contributed by atoms with Gasteiger partial charge in [-0.1, -0.05) is 72.4 Å². The summed E-state index contributed by atoms with van der Waals surface area (Å²) in [4.78, 5) is 0. The maximum Gasteiger partial charge on any atom is 0.277 e. The van der Waals surface area contributed by atoms with E-state index in [0.717, 1.165) is 33.2 Å². The van der Waals surface area contributed by atoms with E-state index >= 15 is 0 Å². The molecular formula is C20H16N2O2S. The summed E-state index contributed by atoms with van der Waals surface area (Å²) in [6.45, 7) is 0.0610. The number of benzene rings is 3. The predicted octanol–water partition coefficient (Wildman–Crippen LogP) is 4.67. The Morgan fingerprint density at radius 2 is 1.60 bits per heavy atom. The first-order valence-electron chi connectivity index (χ1n) is 7.96. The fourth-order valence-electron chi connectivity index (χ4n) is 2.67. The Bertz CT molecular complexity index is 991. The number of hydrogen-bond acceptors (Lipinski definition) is 5. The molecule has 0 aliphatic rings. The molecule has 1 aromatic heterocycles. The van der Waals surface area contributed by atoms with E-state index in [2.05, 4.69) is 28.4 Å². The third-order valence-corrected chi connectivity index (χ3v) is 4.88. The average Bonchev–Trinajstić information content (AvgIpc) is 3.15. The van der Waals surface area contributed by atoms with Crippen LogP contribution in [-0.2, 0) is 12.4 Å². The van der Waals surface area contributed by atoms with Crippen LogP contribution in [0, 0.1) is 0 Å². The SMILES string of the molecule is OCc1ccc(CSc2nnc(-c3cccc4ccccc34)o2)cc1. The summed E-state index contributed by atoms with van der Waals surface area (Å²) in [5.41, 5.74) is 3.00. The summed E-state index contributed by atoms with van der Waals surface area (Å²) < 4.78 is 5.85. The molecule has 0 spiro atoms. The minimum absolute atomic E-state index is 0.0610. The van der Waals surface area contributed by atoms with E-state index in [1.807, 2.05) is 48.5 Å². The van der Waals surface area contributed by atoms with Crippen LogP contribution in [0.5, 0.6) is 0 Å². The van der Waals surface area contributed by atoms with Crippen molar-refractivity contribution < 1.29 is 9.52 Å². The predicted molar refractivity (Wildman–Crippen MR) is 99.2 cm³/mol. The van der Waals surface area contributed by atoms with Crippen molar-refractivity contribution in [2.45, 2.75) is 17.6 Å². The molecule has 0 amide bonds. The van der Waals surface area contributed by atoms with E-state index in [1.165, 1.54) is 11.8 Å². The molecule has 0 saturated heterocycles. The van der Waals surface area contributed by atoms with Gasteiger partial charge >= 0.3 is 0 Å². The zero-order valence-electron chi connectivity index (χ0n) is 13.4. The molecule has 25 heavy (non-hydrogen) atoms. The van der Waals surface area contributed by atoms with Gasteiger partial charge in [0.25, 0.3) is 5.22 Å². The lowest BCUT2D eigenvalue weighted by molar-refractivity contribution is 0.282. The Kier molecular flexibility index (Phi) is 4.50. The summed E-state index contributed by atoms with van der Waals surface area (Å²) in [6.07, 6.45) is 0. The maximum absolute atomic E-state index is 9.08. The van der Waals surface area contributed by atoms with Crippen LogP contribution >= 0.6 is 11.8 Å². The zero-order valence-corrected chi connectivity index (χ0v) is 14.2. The molecule has 0 fully saturated rings. The number of fused-ring (bicyclic) bond motifs is 1. The van der Waals surface area contributed by atoms with Crippen LogP contribution in [0.15, 0.2) is 76.4 Å². The quantitative estimate of drug-likeness (QED) is 0.531. The Balaban J connectivity index is 1.53. The van der Waals surface area contributed by atoms with Gasteiger partial charge in [0.1, 0.15) is 0 Å². The van der Waals surface area contributed by atoms with Gasteiger partial charge in [-0.3, -0.25) is 0 Å². The van der Waals surface area contributed by atoms with E-state index < -0.39 is 0 Å². The topological polar surface area (TPSA) is 59.2 Å². The Hall–Kier alpha value is -2.63. The van der Waals surface area contributed by atoms with Crippen LogP contribution in [0.3, 0.4) is 0 Å². The summed E-state index contributed by atoms with van der Waals surface area (Å²) in [5.74, 6) is 1.28. The van der Waals surface area contributed by atoms with Crippen LogP contribution in [-0.4, -0.2) is 15.3 Å². The monoisotopic (exact) mass is 348 g/mol. The molecule has 1 N–H and O–H groups in total. The summed E-state index contributed by atoms with van der Waals surface area (Å²) in [6, 6.07) is 22.1. The molecule has 4 rings (SSSR count). The Labute approximate surface area is 149 Å². The molecule has 0 bridgehead atoms. The van der Waals surface area contributed by atoms with Crippen molar-refractivity contribution >= 4 is 22.5 Å². The molecule has 0 aliphatic carbocycles. The van der Waals surface area contributed by atoms with E-state index in [1.54, 1.807) is 0 Å². The molecule has 0 aliphatic heterocycles. The highest BCUT2D eigenvalue weighted by Crippen LogP contribution is 2.30. The first-order valence-corrected chi connectivity index (χ1v) is 8.95. The fraction of sp³-hybridized carbons (Fsp3) is 0.100. The van der Waals surface area contributed by atoms with Crippen molar-refractivity contribution in [3.8, 4) is 11.5 Å². The van der Waals surface area contributed by atoms with Gasteiger partial charge in [0.15, 0.2) is 0 Å². The van der Waals surface area contributed by atoms with E-state index in [4.69, 9.17) is 9.52 Å². The van der Waals surface area contributed by atoms with Gasteiger partial charge in [-0.25, -0.2) is 0 Å². The van der Waals surface area contributed by atoms with Crippen molar-refractivity contribution in [2.24, 2.45) is 0 Å². The lowest BCUT2D eigenvalue weighted by Crippen LogP contribution is -1.85. The normalized spacial score (nSPS) is 11.1. The summed E-state index contributed by atoms with van der Waals surface area (Å²) in [5, 5.41) is 20.2. The molecule has 124 valence electrons. The molecule has 5 heteroatoms. The van der Waals surface area contributed by atoms with Crippen LogP contribution in [0.2, 0.25) is 0 Å². The zero-order chi connectivity index (χ0) is 17.1. The van der Waals surface area contributed by atoms with E-state index in [-0.39, 0.29) is 6.61 Å². The number of aliphatic hydroxyl groups is 1. The van der Waals surface area contributed by atoms with Crippen LogP contribution in [0.1, 0.15) is 11.1 Å². The lowest BCUT2D eigenvalue weighted by atomic mass is 10.0. The van der Waals surface area contributed by atoms with Gasteiger partial charge in [0.2, 0.25) is 5.89 Å². The van der Waals surface area contributed by atoms with Crippen molar-refractivity contribution in [3.05, 3.63) is 77.9 Å². The average molecular weight is 348 g/mol. The molecule has 1 heterocycles. The first-order chi connectivity index (χ1) is 12.3. The van der Waals surface area contributed by atoms with Gasteiger partial charge in [0.05, 0.1) is 6.61 Å². The third kappa shape index (κ3) is 3.43. The van der Waals surface area contributed by atoms with Crippen molar-refractivity contribution in [3.63, 3.8) is 0 Å². The number of aromatic nitrogens is 2. The van der Waals surface area contributed by atoms with Crippen LogP contribution < -0.4 is 0 Å². The first kappa shape index (κ1) is 15.9. The highest BCUT2D eigenvalue weighted by Gasteiger charge is 2.12. The molecule has 3 aromatic carbocycles. The van der Waals surface area contributed by atoms with Gasteiger partial charge in [-0.2, -0.15) is 0 Å². The van der Waals surface area contributed by atoms with Crippen molar-refractivity contribution in [1.29, 1.82) is 0 Å². The molecular weight excluding hydrogens is 332 g/mol.